The third-order valence-corrected chi connectivity index (χ3v) is 4.99. The van der Waals surface area contributed by atoms with E-state index in [4.69, 9.17) is 5.11 Å². The third-order valence-electron chi connectivity index (χ3n) is 4.99. The van der Waals surface area contributed by atoms with Gasteiger partial charge in [0.1, 0.15) is 5.69 Å². The molecule has 0 aliphatic carbocycles. The minimum Gasteiger partial charge on any atom is -0.478 e. The normalized spacial score (nSPS) is 20.3. The Morgan fingerprint density at radius 3 is 2.52 bits per heavy atom. The molecular weight excluding hydrogens is 316 g/mol. The molecule has 1 fully saturated rings. The number of carboxylic acids is 1. The van der Waals surface area contributed by atoms with Crippen LogP contribution in [-0.4, -0.2) is 40.0 Å². The summed E-state index contributed by atoms with van der Waals surface area (Å²) >= 11 is 0. The van der Waals surface area contributed by atoms with Crippen LogP contribution in [0.5, 0.6) is 0 Å². The second-order valence-corrected chi connectivity index (χ2v) is 6.89. The molecule has 2 aromatic rings. The highest BCUT2D eigenvalue weighted by atomic mass is 16.4. The van der Waals surface area contributed by atoms with Crippen LogP contribution in [0.15, 0.2) is 42.5 Å². The number of carboxylic acid groups (broad SMARTS) is 1. The van der Waals surface area contributed by atoms with Crippen LogP contribution in [0, 0.1) is 6.92 Å². The minimum absolute atomic E-state index is 0.0782. The van der Waals surface area contributed by atoms with Crippen molar-refractivity contribution in [3.8, 4) is 0 Å². The van der Waals surface area contributed by atoms with Crippen molar-refractivity contribution < 1.29 is 14.7 Å². The molecule has 5 nitrogen and oxygen atoms in total. The Morgan fingerprint density at radius 2 is 1.88 bits per heavy atom. The number of nitrogens with zero attached hydrogens (tertiary/aromatic N) is 2. The topological polar surface area (TPSA) is 70.5 Å². The molecule has 3 rings (SSSR count). The first-order chi connectivity index (χ1) is 11.9. The molecule has 25 heavy (non-hydrogen) atoms. The number of rotatable bonds is 3. The molecule has 1 atom stereocenters. The van der Waals surface area contributed by atoms with Crippen LogP contribution in [0.25, 0.3) is 0 Å². The molecule has 0 bridgehead atoms. The average molecular weight is 338 g/mol. The molecule has 2 heterocycles. The lowest BCUT2D eigenvalue weighted by Crippen LogP contribution is -2.47. The van der Waals surface area contributed by atoms with Gasteiger partial charge in [0.2, 0.25) is 0 Å². The van der Waals surface area contributed by atoms with E-state index in [0.29, 0.717) is 24.5 Å². The highest BCUT2D eigenvalue weighted by molar-refractivity contribution is 5.94. The first kappa shape index (κ1) is 17.1. The Bertz CT molecular complexity index is 804. The van der Waals surface area contributed by atoms with E-state index >= 15 is 0 Å². The van der Waals surface area contributed by atoms with Crippen LogP contribution in [0.1, 0.15) is 51.9 Å². The lowest BCUT2D eigenvalue weighted by atomic mass is 9.76. The van der Waals surface area contributed by atoms with E-state index in [0.717, 1.165) is 12.8 Å². The summed E-state index contributed by atoms with van der Waals surface area (Å²) in [5.41, 5.74) is 1.95. The van der Waals surface area contributed by atoms with Gasteiger partial charge in [0.25, 0.3) is 5.91 Å². The molecule has 1 amide bonds. The lowest BCUT2D eigenvalue weighted by Gasteiger charge is -2.41. The maximum atomic E-state index is 12.9. The van der Waals surface area contributed by atoms with Crippen LogP contribution < -0.4 is 0 Å². The number of hydrogen-bond acceptors (Lipinski definition) is 3. The van der Waals surface area contributed by atoms with Gasteiger partial charge in [-0.25, -0.2) is 9.78 Å². The zero-order valence-corrected chi connectivity index (χ0v) is 14.5. The number of benzene rings is 1. The highest BCUT2D eigenvalue weighted by Gasteiger charge is 2.35. The Labute approximate surface area is 147 Å². The Balaban J connectivity index is 1.83. The van der Waals surface area contributed by atoms with E-state index in [-0.39, 0.29) is 16.9 Å². The van der Waals surface area contributed by atoms with Gasteiger partial charge in [-0.15, -0.1) is 0 Å². The molecule has 1 aliphatic heterocycles. The third kappa shape index (κ3) is 3.40. The van der Waals surface area contributed by atoms with Crippen molar-refractivity contribution in [2.45, 2.75) is 32.1 Å². The summed E-state index contributed by atoms with van der Waals surface area (Å²) in [5.74, 6) is -1.17. The van der Waals surface area contributed by atoms with E-state index in [1.165, 1.54) is 17.7 Å². The van der Waals surface area contributed by atoms with Gasteiger partial charge in [0.15, 0.2) is 0 Å². The Hall–Kier alpha value is -2.69. The van der Waals surface area contributed by atoms with E-state index in [2.05, 4.69) is 24.0 Å². The smallest absolute Gasteiger partial charge is 0.337 e. The van der Waals surface area contributed by atoms with Gasteiger partial charge in [-0.2, -0.15) is 0 Å². The molecule has 0 saturated carbocycles. The fraction of sp³-hybridized carbons (Fsp3) is 0.350. The zero-order valence-electron chi connectivity index (χ0n) is 14.5. The van der Waals surface area contributed by atoms with E-state index in [1.807, 2.05) is 23.1 Å². The summed E-state index contributed by atoms with van der Waals surface area (Å²) in [7, 11) is 0. The van der Waals surface area contributed by atoms with Gasteiger partial charge < -0.3 is 10.0 Å². The summed E-state index contributed by atoms with van der Waals surface area (Å²) in [6.07, 6.45) is 1.97. The first-order valence-electron chi connectivity index (χ1n) is 8.46. The molecule has 1 N–H and O–H groups in total. The first-order valence-corrected chi connectivity index (χ1v) is 8.46. The maximum absolute atomic E-state index is 12.9. The number of amides is 1. The molecular formula is C20H22N2O3. The molecule has 1 aromatic heterocycles. The van der Waals surface area contributed by atoms with Crippen LogP contribution >= 0.6 is 0 Å². The Morgan fingerprint density at radius 1 is 1.16 bits per heavy atom. The summed E-state index contributed by atoms with van der Waals surface area (Å²) in [6.45, 7) is 5.14. The molecule has 130 valence electrons. The van der Waals surface area contributed by atoms with Crippen molar-refractivity contribution >= 4 is 11.9 Å². The monoisotopic (exact) mass is 338 g/mol. The second kappa shape index (κ2) is 6.67. The predicted molar refractivity (Wildman–Crippen MR) is 94.9 cm³/mol. The number of aromatic nitrogens is 1. The van der Waals surface area contributed by atoms with Gasteiger partial charge >= 0.3 is 5.97 Å². The molecule has 1 unspecified atom stereocenters. The lowest BCUT2D eigenvalue weighted by molar-refractivity contribution is 0.0641. The molecule has 1 aliphatic rings. The standard InChI is InChI=1S/C20H22N2O3/c1-14-16(19(24)25)9-10-17(21-14)18(23)22-12-6-11-20(2,13-22)15-7-4-3-5-8-15/h3-5,7-10H,6,11-13H2,1-2H3,(H,24,25). The summed E-state index contributed by atoms with van der Waals surface area (Å²) < 4.78 is 0. The average Bonchev–Trinajstić information content (AvgIpc) is 2.61. The highest BCUT2D eigenvalue weighted by Crippen LogP contribution is 2.34. The summed E-state index contributed by atoms with van der Waals surface area (Å²) in [5, 5.41) is 9.10. The van der Waals surface area contributed by atoms with E-state index in [9.17, 15) is 9.59 Å². The number of hydrogen-bond donors (Lipinski definition) is 1. The zero-order chi connectivity index (χ0) is 18.0. The van der Waals surface area contributed by atoms with Gasteiger partial charge in [-0.1, -0.05) is 37.3 Å². The van der Waals surface area contributed by atoms with Crippen molar-refractivity contribution in [1.29, 1.82) is 0 Å². The number of pyridine rings is 1. The van der Waals surface area contributed by atoms with Gasteiger partial charge in [-0.3, -0.25) is 4.79 Å². The quantitative estimate of drug-likeness (QED) is 0.932. The van der Waals surface area contributed by atoms with Crippen molar-refractivity contribution in [3.05, 3.63) is 65.0 Å². The van der Waals surface area contributed by atoms with Crippen molar-refractivity contribution in [2.24, 2.45) is 0 Å². The SMILES string of the molecule is Cc1nc(C(=O)N2CCCC(C)(c3ccccc3)C2)ccc1C(=O)O. The predicted octanol–water partition coefficient (Wildman–Crippen LogP) is 3.28. The van der Waals surface area contributed by atoms with Crippen LogP contribution in [0.3, 0.4) is 0 Å². The van der Waals surface area contributed by atoms with Gasteiger partial charge in [-0.05, 0) is 37.5 Å². The molecule has 5 heteroatoms. The van der Waals surface area contributed by atoms with Crippen LogP contribution in [-0.2, 0) is 5.41 Å². The van der Waals surface area contributed by atoms with E-state index < -0.39 is 5.97 Å². The summed E-state index contributed by atoms with van der Waals surface area (Å²) in [6, 6.07) is 13.2. The number of aryl methyl sites for hydroxylation is 1. The molecule has 0 radical (unpaired) electrons. The number of carbonyl (C=O) groups excluding carboxylic acids is 1. The van der Waals surface area contributed by atoms with Crippen molar-refractivity contribution in [1.82, 2.24) is 9.88 Å². The molecule has 1 saturated heterocycles. The second-order valence-electron chi connectivity index (χ2n) is 6.89. The number of aromatic carboxylic acids is 1. The minimum atomic E-state index is -1.03. The molecule has 0 spiro atoms. The van der Waals surface area contributed by atoms with Crippen LogP contribution in [0.2, 0.25) is 0 Å². The van der Waals surface area contributed by atoms with Crippen molar-refractivity contribution in [3.63, 3.8) is 0 Å². The van der Waals surface area contributed by atoms with Gasteiger partial charge in [0, 0.05) is 18.5 Å². The molecule has 1 aromatic carbocycles. The van der Waals surface area contributed by atoms with Crippen molar-refractivity contribution in [2.75, 3.05) is 13.1 Å². The largest absolute Gasteiger partial charge is 0.478 e. The summed E-state index contributed by atoms with van der Waals surface area (Å²) in [4.78, 5) is 30.0. The van der Waals surface area contributed by atoms with Gasteiger partial charge in [0.05, 0.1) is 11.3 Å². The maximum Gasteiger partial charge on any atom is 0.337 e. The van der Waals surface area contributed by atoms with Crippen LogP contribution in [0.4, 0.5) is 0 Å². The Kier molecular flexibility index (Phi) is 4.57. The number of likely N-dealkylation sites (tertiary alicyclic amines) is 1. The number of carbonyl (C=O) groups is 2. The fourth-order valence-electron chi connectivity index (χ4n) is 3.56. The van der Waals surface area contributed by atoms with E-state index in [1.54, 1.807) is 6.92 Å². The number of piperidine rings is 1. The fourth-order valence-corrected chi connectivity index (χ4v) is 3.56.